The number of methoxy groups -OCH3 is 1. The molecule has 0 atom stereocenters. The lowest BCUT2D eigenvalue weighted by Crippen LogP contribution is -2.14. The molecule has 0 saturated heterocycles. The summed E-state index contributed by atoms with van der Waals surface area (Å²) in [5.74, 6) is 0. The number of rotatable bonds is 9. The van der Waals surface area contributed by atoms with Crippen LogP contribution in [0.2, 0.25) is 0 Å². The van der Waals surface area contributed by atoms with Crippen LogP contribution in [-0.4, -0.2) is 31.4 Å². The second-order valence-corrected chi connectivity index (χ2v) is 5.17. The molecule has 0 amide bonds. The van der Waals surface area contributed by atoms with Gasteiger partial charge in [-0.25, -0.2) is 0 Å². The zero-order valence-corrected chi connectivity index (χ0v) is 12.7. The van der Waals surface area contributed by atoms with Crippen LogP contribution in [0.3, 0.4) is 0 Å². The molecule has 110 valence electrons. The third-order valence-corrected chi connectivity index (χ3v) is 3.67. The fourth-order valence-electron chi connectivity index (χ4n) is 2.67. The Labute approximate surface area is 121 Å². The van der Waals surface area contributed by atoms with Crippen LogP contribution in [-0.2, 0) is 17.7 Å². The molecule has 3 heteroatoms. The van der Waals surface area contributed by atoms with Crippen LogP contribution < -0.4 is 5.32 Å². The lowest BCUT2D eigenvalue weighted by atomic mass is 10.1. The van der Waals surface area contributed by atoms with E-state index in [2.05, 4.69) is 47.3 Å². The predicted molar refractivity (Wildman–Crippen MR) is 85.3 cm³/mol. The molecule has 0 aliphatic carbocycles. The van der Waals surface area contributed by atoms with E-state index in [4.69, 9.17) is 4.74 Å². The molecule has 1 heterocycles. The number of hydrogen-bond acceptors (Lipinski definition) is 2. The molecule has 1 aromatic heterocycles. The zero-order chi connectivity index (χ0) is 14.2. The van der Waals surface area contributed by atoms with E-state index in [1.165, 1.54) is 22.9 Å². The Kier molecular flexibility index (Phi) is 6.09. The van der Waals surface area contributed by atoms with Crippen molar-refractivity contribution in [1.29, 1.82) is 0 Å². The monoisotopic (exact) mass is 274 g/mol. The predicted octanol–water partition coefficient (Wildman–Crippen LogP) is 3.22. The largest absolute Gasteiger partial charge is 0.385 e. The summed E-state index contributed by atoms with van der Waals surface area (Å²) in [5, 5.41) is 4.80. The number of aromatic nitrogens is 1. The summed E-state index contributed by atoms with van der Waals surface area (Å²) in [6, 6.07) is 8.72. The van der Waals surface area contributed by atoms with Gasteiger partial charge in [-0.05, 0) is 44.0 Å². The Morgan fingerprint density at radius 3 is 2.85 bits per heavy atom. The molecular formula is C17H26N2O. The molecule has 0 unspecified atom stereocenters. The topological polar surface area (TPSA) is 26.2 Å². The molecule has 0 spiro atoms. The van der Waals surface area contributed by atoms with Gasteiger partial charge in [0.25, 0.3) is 0 Å². The minimum absolute atomic E-state index is 0.822. The SMILES string of the molecule is CCNCCCc1cn(CCCOC)c2ccccc12. The molecule has 2 rings (SSSR count). The summed E-state index contributed by atoms with van der Waals surface area (Å²) in [4.78, 5) is 0. The van der Waals surface area contributed by atoms with Gasteiger partial charge in [0.15, 0.2) is 0 Å². The Morgan fingerprint density at radius 2 is 2.05 bits per heavy atom. The molecule has 0 bridgehead atoms. The normalized spacial score (nSPS) is 11.3. The van der Waals surface area contributed by atoms with E-state index in [1.54, 1.807) is 7.11 Å². The number of fused-ring (bicyclic) bond motifs is 1. The van der Waals surface area contributed by atoms with Crippen molar-refractivity contribution in [3.8, 4) is 0 Å². The average molecular weight is 274 g/mol. The smallest absolute Gasteiger partial charge is 0.0483 e. The van der Waals surface area contributed by atoms with E-state index in [-0.39, 0.29) is 0 Å². The molecule has 0 fully saturated rings. The lowest BCUT2D eigenvalue weighted by molar-refractivity contribution is 0.190. The first kappa shape index (κ1) is 15.1. The average Bonchev–Trinajstić information content (AvgIpc) is 2.83. The van der Waals surface area contributed by atoms with Gasteiger partial charge in [-0.3, -0.25) is 0 Å². The summed E-state index contributed by atoms with van der Waals surface area (Å²) >= 11 is 0. The van der Waals surface area contributed by atoms with Crippen LogP contribution >= 0.6 is 0 Å². The molecular weight excluding hydrogens is 248 g/mol. The summed E-state index contributed by atoms with van der Waals surface area (Å²) in [7, 11) is 1.76. The summed E-state index contributed by atoms with van der Waals surface area (Å²) in [6.45, 7) is 6.16. The van der Waals surface area contributed by atoms with Gasteiger partial charge in [-0.2, -0.15) is 0 Å². The molecule has 20 heavy (non-hydrogen) atoms. The Balaban J connectivity index is 2.09. The molecule has 1 N–H and O–H groups in total. The minimum Gasteiger partial charge on any atom is -0.385 e. The minimum atomic E-state index is 0.822. The van der Waals surface area contributed by atoms with Gasteiger partial charge in [0.2, 0.25) is 0 Å². The van der Waals surface area contributed by atoms with Crippen LogP contribution in [0.5, 0.6) is 0 Å². The van der Waals surface area contributed by atoms with Crippen molar-refractivity contribution in [3.05, 3.63) is 36.0 Å². The van der Waals surface area contributed by atoms with Crippen molar-refractivity contribution in [2.24, 2.45) is 0 Å². The Bertz CT molecular complexity index is 519. The van der Waals surface area contributed by atoms with E-state index in [9.17, 15) is 0 Å². The second kappa shape index (κ2) is 8.08. The van der Waals surface area contributed by atoms with Crippen molar-refractivity contribution < 1.29 is 4.74 Å². The van der Waals surface area contributed by atoms with Crippen molar-refractivity contribution in [3.63, 3.8) is 0 Å². The van der Waals surface area contributed by atoms with Crippen molar-refractivity contribution in [1.82, 2.24) is 9.88 Å². The lowest BCUT2D eigenvalue weighted by Gasteiger charge is -2.04. The molecule has 3 nitrogen and oxygen atoms in total. The van der Waals surface area contributed by atoms with Gasteiger partial charge in [0, 0.05) is 37.4 Å². The number of ether oxygens (including phenoxy) is 1. The molecule has 0 aliphatic rings. The third kappa shape index (κ3) is 3.84. The maximum atomic E-state index is 5.15. The fraction of sp³-hybridized carbons (Fsp3) is 0.529. The highest BCUT2D eigenvalue weighted by atomic mass is 16.5. The fourth-order valence-corrected chi connectivity index (χ4v) is 2.67. The van der Waals surface area contributed by atoms with Gasteiger partial charge in [0.05, 0.1) is 0 Å². The van der Waals surface area contributed by atoms with Crippen molar-refractivity contribution in [2.75, 3.05) is 26.8 Å². The summed E-state index contributed by atoms with van der Waals surface area (Å²) in [6.07, 6.45) is 5.73. The van der Waals surface area contributed by atoms with E-state index in [0.717, 1.165) is 39.1 Å². The van der Waals surface area contributed by atoms with Crippen LogP contribution in [0.15, 0.2) is 30.5 Å². The van der Waals surface area contributed by atoms with E-state index in [1.807, 2.05) is 0 Å². The number of nitrogens with zero attached hydrogens (tertiary/aromatic N) is 1. The Morgan fingerprint density at radius 1 is 1.20 bits per heavy atom. The van der Waals surface area contributed by atoms with Gasteiger partial charge >= 0.3 is 0 Å². The highest BCUT2D eigenvalue weighted by Crippen LogP contribution is 2.22. The quantitative estimate of drug-likeness (QED) is 0.711. The van der Waals surface area contributed by atoms with E-state index < -0.39 is 0 Å². The number of para-hydroxylation sites is 1. The number of nitrogens with one attached hydrogen (secondary N) is 1. The third-order valence-electron chi connectivity index (χ3n) is 3.67. The van der Waals surface area contributed by atoms with Gasteiger partial charge in [-0.15, -0.1) is 0 Å². The maximum Gasteiger partial charge on any atom is 0.0483 e. The van der Waals surface area contributed by atoms with Gasteiger partial charge < -0.3 is 14.6 Å². The van der Waals surface area contributed by atoms with Crippen molar-refractivity contribution in [2.45, 2.75) is 32.7 Å². The van der Waals surface area contributed by atoms with Gasteiger partial charge in [0.1, 0.15) is 0 Å². The Hall–Kier alpha value is -1.32. The van der Waals surface area contributed by atoms with Crippen LogP contribution in [0.25, 0.3) is 10.9 Å². The summed E-state index contributed by atoms with van der Waals surface area (Å²) < 4.78 is 7.52. The van der Waals surface area contributed by atoms with Crippen molar-refractivity contribution >= 4 is 10.9 Å². The molecule has 1 aromatic carbocycles. The van der Waals surface area contributed by atoms with Gasteiger partial charge in [-0.1, -0.05) is 25.1 Å². The van der Waals surface area contributed by atoms with Crippen LogP contribution in [0.1, 0.15) is 25.3 Å². The second-order valence-electron chi connectivity index (χ2n) is 5.17. The summed E-state index contributed by atoms with van der Waals surface area (Å²) in [5.41, 5.74) is 2.82. The zero-order valence-electron chi connectivity index (χ0n) is 12.7. The number of benzene rings is 1. The highest BCUT2D eigenvalue weighted by Gasteiger charge is 2.07. The molecule has 0 aliphatic heterocycles. The van der Waals surface area contributed by atoms with E-state index >= 15 is 0 Å². The molecule has 2 aromatic rings. The van der Waals surface area contributed by atoms with Crippen LogP contribution in [0.4, 0.5) is 0 Å². The maximum absolute atomic E-state index is 5.15. The van der Waals surface area contributed by atoms with E-state index in [0.29, 0.717) is 0 Å². The van der Waals surface area contributed by atoms with Crippen LogP contribution in [0, 0.1) is 0 Å². The molecule has 0 saturated carbocycles. The highest BCUT2D eigenvalue weighted by molar-refractivity contribution is 5.83. The first-order chi connectivity index (χ1) is 9.86. The first-order valence-corrected chi connectivity index (χ1v) is 7.63. The number of hydrogen-bond donors (Lipinski definition) is 1. The molecule has 0 radical (unpaired) electrons. The first-order valence-electron chi connectivity index (χ1n) is 7.63. The standard InChI is InChI=1S/C17H26N2O/c1-3-18-11-6-8-15-14-19(12-7-13-20-2)17-10-5-4-9-16(15)17/h4-5,9-10,14,18H,3,6-8,11-13H2,1-2H3. The number of aryl methyl sites for hydroxylation is 2.